The number of anilines is 1. The molecule has 1 aromatic heterocycles. The average molecular weight is 377 g/mol. The Morgan fingerprint density at radius 3 is 2.35 bits per heavy atom. The van der Waals surface area contributed by atoms with Crippen molar-refractivity contribution >= 4 is 23.3 Å². The summed E-state index contributed by atoms with van der Waals surface area (Å²) < 4.78 is 2.54. The lowest BCUT2D eigenvalue weighted by atomic mass is 10.1. The first-order valence-electron chi connectivity index (χ1n) is 8.41. The lowest BCUT2D eigenvalue weighted by Gasteiger charge is -2.36. The number of rotatable bonds is 3. The number of carbonyl (C=O) groups is 1. The van der Waals surface area contributed by atoms with Crippen LogP contribution >= 0.6 is 11.6 Å². The molecule has 1 saturated heterocycles. The van der Waals surface area contributed by atoms with E-state index in [0.717, 1.165) is 10.1 Å². The van der Waals surface area contributed by atoms with E-state index in [0.29, 0.717) is 37.0 Å². The Balaban J connectivity index is 1.68. The highest BCUT2D eigenvalue weighted by atomic mass is 35.5. The molecule has 1 aliphatic heterocycles. The molecule has 0 radical (unpaired) electrons. The number of amides is 1. The first-order chi connectivity index (χ1) is 12.4. The highest BCUT2D eigenvalue weighted by Crippen LogP contribution is 2.18. The van der Waals surface area contributed by atoms with Gasteiger partial charge < -0.3 is 9.80 Å². The zero-order chi connectivity index (χ0) is 18.8. The minimum atomic E-state index is -0.357. The minimum Gasteiger partial charge on any atom is -0.354 e. The van der Waals surface area contributed by atoms with Gasteiger partial charge in [-0.3, -0.25) is 18.7 Å². The molecule has 0 unspecified atom stereocenters. The van der Waals surface area contributed by atoms with Crippen molar-refractivity contribution in [3.63, 3.8) is 0 Å². The van der Waals surface area contributed by atoms with Crippen molar-refractivity contribution in [1.82, 2.24) is 14.0 Å². The molecular formula is C18H21ClN4O3. The second-order valence-corrected chi connectivity index (χ2v) is 6.78. The number of halogens is 1. The summed E-state index contributed by atoms with van der Waals surface area (Å²) in [6.07, 6.45) is 0.268. The maximum Gasteiger partial charge on any atom is 0.332 e. The van der Waals surface area contributed by atoms with Gasteiger partial charge in [0, 0.05) is 51.4 Å². The topological polar surface area (TPSA) is 67.5 Å². The molecule has 26 heavy (non-hydrogen) atoms. The maximum atomic E-state index is 12.5. The number of piperazine rings is 1. The minimum absolute atomic E-state index is 0.0237. The number of hydrogen-bond acceptors (Lipinski definition) is 4. The second kappa shape index (κ2) is 7.37. The van der Waals surface area contributed by atoms with Crippen LogP contribution in [0.5, 0.6) is 0 Å². The molecule has 138 valence electrons. The molecule has 1 aromatic carbocycles. The van der Waals surface area contributed by atoms with Crippen molar-refractivity contribution in [2.24, 2.45) is 14.1 Å². The standard InChI is InChI=1S/C18H21ClN4O3/c1-20-15(12-16(24)21(2)18(20)26)22-7-9-23(10-8-22)17(25)11-13-5-3-4-6-14(13)19/h3-6,12H,7-11H2,1-2H3. The van der Waals surface area contributed by atoms with Gasteiger partial charge >= 0.3 is 5.69 Å². The molecule has 1 fully saturated rings. The molecular weight excluding hydrogens is 356 g/mol. The van der Waals surface area contributed by atoms with E-state index in [4.69, 9.17) is 11.6 Å². The molecule has 3 rings (SSSR count). The zero-order valence-electron chi connectivity index (χ0n) is 14.8. The van der Waals surface area contributed by atoms with Crippen LogP contribution in [0.4, 0.5) is 5.82 Å². The first kappa shape index (κ1) is 18.3. The van der Waals surface area contributed by atoms with Gasteiger partial charge in [0.15, 0.2) is 0 Å². The van der Waals surface area contributed by atoms with E-state index < -0.39 is 0 Å². The van der Waals surface area contributed by atoms with E-state index in [2.05, 4.69) is 0 Å². The molecule has 0 saturated carbocycles. The third-order valence-corrected chi connectivity index (χ3v) is 5.13. The van der Waals surface area contributed by atoms with Crippen molar-refractivity contribution in [2.75, 3.05) is 31.1 Å². The van der Waals surface area contributed by atoms with E-state index in [1.54, 1.807) is 18.0 Å². The van der Waals surface area contributed by atoms with Gasteiger partial charge in [-0.2, -0.15) is 0 Å². The van der Waals surface area contributed by atoms with Crippen molar-refractivity contribution in [3.8, 4) is 0 Å². The van der Waals surface area contributed by atoms with Crippen molar-refractivity contribution < 1.29 is 4.79 Å². The normalized spacial score (nSPS) is 14.6. The quantitative estimate of drug-likeness (QED) is 0.788. The summed E-state index contributed by atoms with van der Waals surface area (Å²) in [7, 11) is 3.10. The van der Waals surface area contributed by atoms with Gasteiger partial charge in [0.2, 0.25) is 5.91 Å². The van der Waals surface area contributed by atoms with Crippen molar-refractivity contribution in [1.29, 1.82) is 0 Å². The SMILES string of the molecule is Cn1c(N2CCN(C(=O)Cc3ccccc3Cl)CC2)cc(=O)n(C)c1=O. The summed E-state index contributed by atoms with van der Waals surface area (Å²) in [4.78, 5) is 40.3. The van der Waals surface area contributed by atoms with E-state index in [1.165, 1.54) is 17.7 Å². The third kappa shape index (κ3) is 3.53. The van der Waals surface area contributed by atoms with E-state index >= 15 is 0 Å². The van der Waals surface area contributed by atoms with Gasteiger partial charge in [0.05, 0.1) is 6.42 Å². The number of hydrogen-bond donors (Lipinski definition) is 0. The molecule has 1 aliphatic rings. The highest BCUT2D eigenvalue weighted by molar-refractivity contribution is 6.31. The van der Waals surface area contributed by atoms with Crippen LogP contribution in [0.15, 0.2) is 39.9 Å². The molecule has 0 spiro atoms. The van der Waals surface area contributed by atoms with Crippen molar-refractivity contribution in [3.05, 3.63) is 61.8 Å². The van der Waals surface area contributed by atoms with Crippen LogP contribution in [-0.4, -0.2) is 46.1 Å². The summed E-state index contributed by atoms with van der Waals surface area (Å²) >= 11 is 6.13. The Kier molecular flexibility index (Phi) is 5.18. The first-order valence-corrected chi connectivity index (χ1v) is 8.79. The predicted octanol–water partition coefficient (Wildman–Crippen LogP) is 0.629. The molecule has 8 heteroatoms. The molecule has 2 heterocycles. The van der Waals surface area contributed by atoms with Gasteiger partial charge in [0.1, 0.15) is 5.82 Å². The molecule has 0 bridgehead atoms. The number of benzene rings is 1. The molecule has 2 aromatic rings. The summed E-state index contributed by atoms with van der Waals surface area (Å²) in [5.41, 5.74) is 0.126. The summed E-state index contributed by atoms with van der Waals surface area (Å²) in [5, 5.41) is 0.592. The lowest BCUT2D eigenvalue weighted by molar-refractivity contribution is -0.130. The highest BCUT2D eigenvalue weighted by Gasteiger charge is 2.23. The van der Waals surface area contributed by atoms with Gasteiger partial charge in [-0.25, -0.2) is 4.79 Å². The zero-order valence-corrected chi connectivity index (χ0v) is 15.6. The van der Waals surface area contributed by atoms with E-state index in [-0.39, 0.29) is 23.6 Å². The summed E-state index contributed by atoms with van der Waals surface area (Å²) in [5.74, 6) is 0.604. The summed E-state index contributed by atoms with van der Waals surface area (Å²) in [6, 6.07) is 8.79. The Morgan fingerprint density at radius 2 is 1.69 bits per heavy atom. The van der Waals surface area contributed by atoms with Gasteiger partial charge in [-0.05, 0) is 11.6 Å². The number of aromatic nitrogens is 2. The summed E-state index contributed by atoms with van der Waals surface area (Å²) in [6.45, 7) is 2.20. The Morgan fingerprint density at radius 1 is 1.04 bits per heavy atom. The molecule has 0 N–H and O–H groups in total. The van der Waals surface area contributed by atoms with Crippen LogP contribution in [0.2, 0.25) is 5.02 Å². The molecule has 0 aliphatic carbocycles. The molecule has 7 nitrogen and oxygen atoms in total. The number of nitrogens with zero attached hydrogens (tertiary/aromatic N) is 4. The Labute approximate surface area is 156 Å². The van der Waals surface area contributed by atoms with Gasteiger partial charge in [-0.15, -0.1) is 0 Å². The molecule has 0 atom stereocenters. The van der Waals surface area contributed by atoms with Crippen LogP contribution in [0.1, 0.15) is 5.56 Å². The van der Waals surface area contributed by atoms with Crippen LogP contribution in [0.3, 0.4) is 0 Å². The van der Waals surface area contributed by atoms with Gasteiger partial charge in [0.25, 0.3) is 5.56 Å². The van der Waals surface area contributed by atoms with Gasteiger partial charge in [-0.1, -0.05) is 29.8 Å². The van der Waals surface area contributed by atoms with Crippen LogP contribution in [0.25, 0.3) is 0 Å². The smallest absolute Gasteiger partial charge is 0.332 e. The fourth-order valence-corrected chi connectivity index (χ4v) is 3.33. The third-order valence-electron chi connectivity index (χ3n) is 4.76. The lowest BCUT2D eigenvalue weighted by Crippen LogP contribution is -2.51. The fraction of sp³-hybridized carbons (Fsp3) is 0.389. The van der Waals surface area contributed by atoms with E-state index in [1.807, 2.05) is 23.1 Å². The fourth-order valence-electron chi connectivity index (χ4n) is 3.13. The Bertz CT molecular complexity index is 942. The van der Waals surface area contributed by atoms with E-state index in [9.17, 15) is 14.4 Å². The Hall–Kier alpha value is -2.54. The average Bonchev–Trinajstić information content (AvgIpc) is 2.65. The largest absolute Gasteiger partial charge is 0.354 e. The predicted molar refractivity (Wildman–Crippen MR) is 101 cm³/mol. The second-order valence-electron chi connectivity index (χ2n) is 6.38. The van der Waals surface area contributed by atoms with Crippen LogP contribution < -0.4 is 16.1 Å². The van der Waals surface area contributed by atoms with Crippen LogP contribution in [0, 0.1) is 0 Å². The molecule has 1 amide bonds. The van der Waals surface area contributed by atoms with Crippen molar-refractivity contribution in [2.45, 2.75) is 6.42 Å². The number of carbonyl (C=O) groups excluding carboxylic acids is 1. The maximum absolute atomic E-state index is 12.5. The van der Waals surface area contributed by atoms with Crippen LogP contribution in [-0.2, 0) is 25.3 Å². The monoisotopic (exact) mass is 376 g/mol.